The number of nitrogens with one attached hydrogen (secondary N) is 1. The van der Waals surface area contributed by atoms with Gasteiger partial charge < -0.3 is 19.2 Å². The Morgan fingerprint density at radius 2 is 1.91 bits per heavy atom. The third-order valence-corrected chi connectivity index (χ3v) is 5.62. The van der Waals surface area contributed by atoms with E-state index >= 15 is 0 Å². The van der Waals surface area contributed by atoms with E-state index in [2.05, 4.69) is 15.5 Å². The number of carbonyl (C=O) groups excluding carboxylic acids is 1. The zero-order chi connectivity index (χ0) is 22.3. The topological polar surface area (TPSA) is 91.4 Å². The van der Waals surface area contributed by atoms with E-state index < -0.39 is 0 Å². The van der Waals surface area contributed by atoms with Crippen LogP contribution in [0, 0.1) is 0 Å². The molecule has 9 heteroatoms. The molecule has 0 fully saturated rings. The van der Waals surface area contributed by atoms with Gasteiger partial charge in [0, 0.05) is 6.07 Å². The number of thioether (sulfide) groups is 1. The Balaban J connectivity index is 1.51. The number of methoxy groups -OCH3 is 2. The second-order valence-corrected chi connectivity index (χ2v) is 7.70. The number of benzene rings is 2. The number of hydrogen-bond acceptors (Lipinski definition) is 7. The van der Waals surface area contributed by atoms with Gasteiger partial charge in [-0.25, -0.2) is 0 Å². The molecule has 4 rings (SSSR count). The highest BCUT2D eigenvalue weighted by Crippen LogP contribution is 2.30. The maximum absolute atomic E-state index is 12.7. The van der Waals surface area contributed by atoms with E-state index in [4.69, 9.17) is 13.9 Å². The molecule has 0 unspecified atom stereocenters. The fourth-order valence-electron chi connectivity index (χ4n) is 3.12. The molecule has 0 aliphatic heterocycles. The van der Waals surface area contributed by atoms with Gasteiger partial charge in [-0.15, -0.1) is 10.2 Å². The maximum Gasteiger partial charge on any atom is 0.234 e. The quantitative estimate of drug-likeness (QED) is 0.379. The molecule has 0 radical (unpaired) electrons. The van der Waals surface area contributed by atoms with Crippen LogP contribution in [0.1, 0.15) is 5.56 Å². The van der Waals surface area contributed by atoms with E-state index in [0.29, 0.717) is 40.5 Å². The van der Waals surface area contributed by atoms with Gasteiger partial charge in [-0.1, -0.05) is 42.1 Å². The lowest BCUT2D eigenvalue weighted by molar-refractivity contribution is -0.113. The highest BCUT2D eigenvalue weighted by atomic mass is 32.2. The van der Waals surface area contributed by atoms with E-state index in [1.165, 1.54) is 11.8 Å². The smallest absolute Gasteiger partial charge is 0.234 e. The van der Waals surface area contributed by atoms with Crippen LogP contribution in [0.4, 0.5) is 5.69 Å². The molecular formula is C23H22N4O4S. The van der Waals surface area contributed by atoms with Crippen molar-refractivity contribution in [2.24, 2.45) is 0 Å². The summed E-state index contributed by atoms with van der Waals surface area (Å²) < 4.78 is 18.0. The molecule has 0 spiro atoms. The van der Waals surface area contributed by atoms with Crippen LogP contribution in [-0.2, 0) is 11.3 Å². The molecule has 0 aliphatic carbocycles. The molecule has 0 saturated heterocycles. The first-order valence-corrected chi connectivity index (χ1v) is 10.8. The Labute approximate surface area is 189 Å². The summed E-state index contributed by atoms with van der Waals surface area (Å²) in [6, 6.07) is 18.9. The summed E-state index contributed by atoms with van der Waals surface area (Å²) in [7, 11) is 3.12. The second-order valence-electron chi connectivity index (χ2n) is 6.76. The average molecular weight is 451 g/mol. The Kier molecular flexibility index (Phi) is 6.76. The number of rotatable bonds is 9. The van der Waals surface area contributed by atoms with Crippen molar-refractivity contribution >= 4 is 23.4 Å². The van der Waals surface area contributed by atoms with Crippen molar-refractivity contribution < 1.29 is 18.7 Å². The number of hydrogen-bond donors (Lipinski definition) is 1. The molecule has 32 heavy (non-hydrogen) atoms. The average Bonchev–Trinajstić information content (AvgIpc) is 3.48. The van der Waals surface area contributed by atoms with Crippen LogP contribution in [0.25, 0.3) is 11.6 Å². The first-order valence-electron chi connectivity index (χ1n) is 9.83. The Hall–Kier alpha value is -3.72. The highest BCUT2D eigenvalue weighted by molar-refractivity contribution is 7.99. The molecular weight excluding hydrogens is 428 g/mol. The molecule has 2 heterocycles. The number of nitrogens with zero attached hydrogens (tertiary/aromatic N) is 3. The lowest BCUT2D eigenvalue weighted by atomic mass is 10.2. The highest BCUT2D eigenvalue weighted by Gasteiger charge is 2.18. The Bertz CT molecular complexity index is 1180. The minimum Gasteiger partial charge on any atom is -0.497 e. The fraction of sp³-hybridized carbons (Fsp3) is 0.174. The minimum atomic E-state index is -0.199. The van der Waals surface area contributed by atoms with Gasteiger partial charge in [0.2, 0.25) is 11.7 Å². The van der Waals surface area contributed by atoms with Gasteiger partial charge in [-0.3, -0.25) is 9.36 Å². The van der Waals surface area contributed by atoms with Crippen LogP contribution in [0.3, 0.4) is 0 Å². The third kappa shape index (κ3) is 4.94. The van der Waals surface area contributed by atoms with E-state index in [1.807, 2.05) is 41.0 Å². The number of aromatic nitrogens is 3. The van der Waals surface area contributed by atoms with Gasteiger partial charge in [0.25, 0.3) is 0 Å². The molecule has 2 aromatic carbocycles. The Morgan fingerprint density at radius 3 is 2.62 bits per heavy atom. The molecule has 164 valence electrons. The number of amides is 1. The summed E-state index contributed by atoms with van der Waals surface area (Å²) in [4.78, 5) is 12.7. The van der Waals surface area contributed by atoms with Crippen molar-refractivity contribution in [1.29, 1.82) is 0 Å². The SMILES string of the molecule is COc1ccc(OC)c(NC(=O)CSc2nnc(-c3ccco3)n2Cc2ccccc2)c1. The first-order chi connectivity index (χ1) is 15.7. The summed E-state index contributed by atoms with van der Waals surface area (Å²) >= 11 is 1.30. The summed E-state index contributed by atoms with van der Waals surface area (Å²) in [5, 5.41) is 12.1. The van der Waals surface area contributed by atoms with E-state index in [-0.39, 0.29) is 11.7 Å². The normalized spacial score (nSPS) is 10.7. The van der Waals surface area contributed by atoms with Crippen LogP contribution in [0.5, 0.6) is 11.5 Å². The summed E-state index contributed by atoms with van der Waals surface area (Å²) in [6.45, 7) is 0.553. The van der Waals surface area contributed by atoms with Gasteiger partial charge in [-0.2, -0.15) is 0 Å². The number of ether oxygens (including phenoxy) is 2. The molecule has 0 bridgehead atoms. The minimum absolute atomic E-state index is 0.144. The molecule has 1 amide bonds. The summed E-state index contributed by atoms with van der Waals surface area (Å²) in [6.07, 6.45) is 1.60. The molecule has 8 nitrogen and oxygen atoms in total. The third-order valence-electron chi connectivity index (χ3n) is 4.66. The van der Waals surface area contributed by atoms with Gasteiger partial charge in [-0.05, 0) is 29.8 Å². The van der Waals surface area contributed by atoms with Crippen molar-refractivity contribution in [2.45, 2.75) is 11.7 Å². The van der Waals surface area contributed by atoms with Crippen LogP contribution >= 0.6 is 11.8 Å². The van der Waals surface area contributed by atoms with Gasteiger partial charge in [0.05, 0.1) is 38.5 Å². The van der Waals surface area contributed by atoms with Gasteiger partial charge in [0.15, 0.2) is 10.9 Å². The van der Waals surface area contributed by atoms with Crippen LogP contribution < -0.4 is 14.8 Å². The molecule has 1 N–H and O–H groups in total. The van der Waals surface area contributed by atoms with E-state index in [9.17, 15) is 4.79 Å². The first kappa shape index (κ1) is 21.5. The zero-order valence-corrected chi connectivity index (χ0v) is 18.5. The van der Waals surface area contributed by atoms with Gasteiger partial charge >= 0.3 is 0 Å². The van der Waals surface area contributed by atoms with Crippen molar-refractivity contribution in [2.75, 3.05) is 25.3 Å². The molecule has 2 aromatic heterocycles. The van der Waals surface area contributed by atoms with Crippen LogP contribution in [0.15, 0.2) is 76.5 Å². The van der Waals surface area contributed by atoms with Crippen LogP contribution in [-0.4, -0.2) is 40.6 Å². The second kappa shape index (κ2) is 10.1. The number of furan rings is 1. The fourth-order valence-corrected chi connectivity index (χ4v) is 3.86. The molecule has 0 atom stereocenters. The number of carbonyl (C=O) groups is 1. The molecule has 0 saturated carbocycles. The van der Waals surface area contributed by atoms with Crippen LogP contribution in [0.2, 0.25) is 0 Å². The predicted molar refractivity (Wildman–Crippen MR) is 122 cm³/mol. The molecule has 4 aromatic rings. The zero-order valence-electron chi connectivity index (χ0n) is 17.6. The summed E-state index contributed by atoms with van der Waals surface area (Å²) in [5.74, 6) is 2.35. The lowest BCUT2D eigenvalue weighted by Gasteiger charge is -2.12. The Morgan fingerprint density at radius 1 is 1.06 bits per heavy atom. The van der Waals surface area contributed by atoms with Crippen molar-refractivity contribution in [1.82, 2.24) is 14.8 Å². The van der Waals surface area contributed by atoms with Crippen molar-refractivity contribution in [3.05, 3.63) is 72.5 Å². The largest absolute Gasteiger partial charge is 0.497 e. The molecule has 0 aliphatic rings. The predicted octanol–water partition coefficient (Wildman–Crippen LogP) is 4.33. The van der Waals surface area contributed by atoms with E-state index in [0.717, 1.165) is 5.56 Å². The van der Waals surface area contributed by atoms with Gasteiger partial charge in [0.1, 0.15) is 11.5 Å². The number of anilines is 1. The standard InChI is InChI=1S/C23H22N4O4S/c1-29-17-10-11-19(30-2)18(13-17)24-21(28)15-32-23-26-25-22(20-9-6-12-31-20)27(23)14-16-7-4-3-5-8-16/h3-13H,14-15H2,1-2H3,(H,24,28). The summed E-state index contributed by atoms with van der Waals surface area (Å²) in [5.41, 5.74) is 1.63. The van der Waals surface area contributed by atoms with Crippen molar-refractivity contribution in [3.8, 4) is 23.1 Å². The van der Waals surface area contributed by atoms with Crippen molar-refractivity contribution in [3.63, 3.8) is 0 Å². The maximum atomic E-state index is 12.7. The lowest BCUT2D eigenvalue weighted by Crippen LogP contribution is -2.15. The monoisotopic (exact) mass is 450 g/mol. The van der Waals surface area contributed by atoms with E-state index in [1.54, 1.807) is 44.7 Å².